The maximum atomic E-state index is 12.7. The predicted octanol–water partition coefficient (Wildman–Crippen LogP) is 1.95. The van der Waals surface area contributed by atoms with Crippen LogP contribution in [-0.2, 0) is 25.7 Å². The Bertz CT molecular complexity index is 746. The summed E-state index contributed by atoms with van der Waals surface area (Å²) in [5.41, 5.74) is 0.585. The van der Waals surface area contributed by atoms with Crippen molar-refractivity contribution in [3.8, 4) is 0 Å². The molecule has 1 spiro atoms. The first-order valence-electron chi connectivity index (χ1n) is 9.41. The lowest BCUT2D eigenvalue weighted by atomic mass is 9.85. The van der Waals surface area contributed by atoms with Gasteiger partial charge >= 0.3 is 12.1 Å². The Morgan fingerprint density at radius 2 is 1.93 bits per heavy atom. The molecule has 0 aromatic heterocycles. The maximum Gasteiger partial charge on any atom is 0.411 e. The normalized spacial score (nSPS) is 25.7. The van der Waals surface area contributed by atoms with Gasteiger partial charge in [-0.2, -0.15) is 0 Å². The van der Waals surface area contributed by atoms with Gasteiger partial charge in [-0.3, -0.25) is 14.5 Å². The van der Waals surface area contributed by atoms with Gasteiger partial charge in [-0.25, -0.2) is 4.79 Å². The lowest BCUT2D eigenvalue weighted by molar-refractivity contribution is -0.156. The molecule has 2 saturated heterocycles. The molecule has 7 nitrogen and oxygen atoms in total. The SMILES string of the molecule is COC(=O)C1CC[C@@H]2N(C1)C(=O)CN(C(=O)OCc1ccccc1)C21CC1. The Morgan fingerprint density at radius 3 is 2.59 bits per heavy atom. The highest BCUT2D eigenvalue weighted by molar-refractivity contribution is 5.86. The van der Waals surface area contributed by atoms with Crippen molar-refractivity contribution in [1.82, 2.24) is 9.80 Å². The van der Waals surface area contributed by atoms with E-state index < -0.39 is 6.09 Å². The van der Waals surface area contributed by atoms with E-state index in [2.05, 4.69) is 0 Å². The second-order valence-corrected chi connectivity index (χ2v) is 7.59. The fraction of sp³-hybridized carbons (Fsp3) is 0.550. The molecule has 2 atom stereocenters. The van der Waals surface area contributed by atoms with Crippen molar-refractivity contribution in [3.63, 3.8) is 0 Å². The number of carbonyl (C=O) groups is 3. The summed E-state index contributed by atoms with van der Waals surface area (Å²) in [4.78, 5) is 40.7. The summed E-state index contributed by atoms with van der Waals surface area (Å²) in [6.07, 6.45) is 2.68. The molecule has 4 rings (SSSR count). The summed E-state index contributed by atoms with van der Waals surface area (Å²) < 4.78 is 10.3. The van der Waals surface area contributed by atoms with E-state index in [4.69, 9.17) is 9.47 Å². The fourth-order valence-electron chi connectivity index (χ4n) is 4.50. The number of hydrogen-bond acceptors (Lipinski definition) is 5. The van der Waals surface area contributed by atoms with E-state index in [-0.39, 0.29) is 42.5 Å². The molecule has 2 amide bonds. The molecule has 144 valence electrons. The number of carbonyl (C=O) groups excluding carboxylic acids is 3. The van der Waals surface area contributed by atoms with Crippen LogP contribution in [0.5, 0.6) is 0 Å². The molecule has 1 aliphatic carbocycles. The van der Waals surface area contributed by atoms with Gasteiger partial charge in [0.15, 0.2) is 0 Å². The number of esters is 1. The standard InChI is InChI=1S/C20H24N2O5/c1-26-18(24)15-7-8-16-20(9-10-20)22(12-17(23)21(16)11-15)19(25)27-13-14-5-3-2-4-6-14/h2-6,15-16H,7-13H2,1H3/t15?,16-/m0/s1. The number of benzene rings is 1. The number of piperidine rings is 1. The fourth-order valence-corrected chi connectivity index (χ4v) is 4.50. The van der Waals surface area contributed by atoms with Crippen molar-refractivity contribution in [2.75, 3.05) is 20.2 Å². The Labute approximate surface area is 158 Å². The molecule has 1 unspecified atom stereocenters. The lowest BCUT2D eigenvalue weighted by Gasteiger charge is -2.50. The van der Waals surface area contributed by atoms with E-state index in [1.807, 2.05) is 30.3 Å². The number of nitrogens with zero attached hydrogens (tertiary/aromatic N) is 2. The third kappa shape index (κ3) is 3.15. The molecule has 0 bridgehead atoms. The van der Waals surface area contributed by atoms with Crippen LogP contribution in [0.1, 0.15) is 31.2 Å². The van der Waals surface area contributed by atoms with Crippen LogP contribution >= 0.6 is 0 Å². The number of hydrogen-bond donors (Lipinski definition) is 0. The molecule has 1 aromatic carbocycles. The quantitative estimate of drug-likeness (QED) is 0.758. The van der Waals surface area contributed by atoms with Crippen LogP contribution in [-0.4, -0.2) is 59.5 Å². The molecule has 2 aliphatic heterocycles. The zero-order chi connectivity index (χ0) is 19.0. The average molecular weight is 372 g/mol. The highest BCUT2D eigenvalue weighted by atomic mass is 16.6. The molecule has 0 N–H and O–H groups in total. The van der Waals surface area contributed by atoms with Gasteiger partial charge in [0.25, 0.3) is 0 Å². The monoisotopic (exact) mass is 372 g/mol. The third-order valence-electron chi connectivity index (χ3n) is 6.08. The van der Waals surface area contributed by atoms with Gasteiger partial charge in [0.2, 0.25) is 5.91 Å². The van der Waals surface area contributed by atoms with E-state index in [0.29, 0.717) is 19.4 Å². The molecular formula is C20H24N2O5. The smallest absolute Gasteiger partial charge is 0.411 e. The first-order chi connectivity index (χ1) is 13.0. The molecule has 3 aliphatic rings. The predicted molar refractivity (Wildman–Crippen MR) is 95.5 cm³/mol. The summed E-state index contributed by atoms with van der Waals surface area (Å²) >= 11 is 0. The number of piperazine rings is 1. The van der Waals surface area contributed by atoms with Gasteiger partial charge < -0.3 is 14.4 Å². The summed E-state index contributed by atoms with van der Waals surface area (Å²) in [5.74, 6) is -0.666. The minimum atomic E-state index is -0.431. The van der Waals surface area contributed by atoms with Crippen LogP contribution in [0.3, 0.4) is 0 Å². The van der Waals surface area contributed by atoms with Gasteiger partial charge in [0, 0.05) is 6.54 Å². The minimum absolute atomic E-state index is 0.0119. The van der Waals surface area contributed by atoms with Gasteiger partial charge in [-0.05, 0) is 31.2 Å². The van der Waals surface area contributed by atoms with Crippen molar-refractivity contribution in [2.24, 2.45) is 5.92 Å². The highest BCUT2D eigenvalue weighted by Gasteiger charge is 2.63. The van der Waals surface area contributed by atoms with Crippen LogP contribution in [0.2, 0.25) is 0 Å². The Balaban J connectivity index is 1.45. The van der Waals surface area contributed by atoms with Gasteiger partial charge in [0.05, 0.1) is 24.6 Å². The summed E-state index contributed by atoms with van der Waals surface area (Å²) in [6, 6.07) is 9.46. The largest absolute Gasteiger partial charge is 0.469 e. The Morgan fingerprint density at radius 1 is 1.19 bits per heavy atom. The van der Waals surface area contributed by atoms with Gasteiger partial charge in [0.1, 0.15) is 13.2 Å². The molecular weight excluding hydrogens is 348 g/mol. The number of methoxy groups -OCH3 is 1. The first kappa shape index (κ1) is 17.8. The average Bonchev–Trinajstić information content (AvgIpc) is 3.50. The van der Waals surface area contributed by atoms with E-state index in [1.54, 1.807) is 9.80 Å². The first-order valence-corrected chi connectivity index (χ1v) is 9.41. The molecule has 2 heterocycles. The second-order valence-electron chi connectivity index (χ2n) is 7.59. The van der Waals surface area contributed by atoms with Gasteiger partial charge in [-0.1, -0.05) is 30.3 Å². The molecule has 1 aromatic rings. The topological polar surface area (TPSA) is 76.2 Å². The van der Waals surface area contributed by atoms with Gasteiger partial charge in [-0.15, -0.1) is 0 Å². The van der Waals surface area contributed by atoms with Crippen LogP contribution in [0.15, 0.2) is 30.3 Å². The number of amides is 2. The lowest BCUT2D eigenvalue weighted by Crippen LogP contribution is -2.67. The van der Waals surface area contributed by atoms with Crippen molar-refractivity contribution in [1.29, 1.82) is 0 Å². The zero-order valence-electron chi connectivity index (χ0n) is 15.4. The highest BCUT2D eigenvalue weighted by Crippen LogP contribution is 2.52. The van der Waals surface area contributed by atoms with E-state index in [9.17, 15) is 14.4 Å². The summed E-state index contributed by atoms with van der Waals surface area (Å²) in [6.45, 7) is 0.585. The third-order valence-corrected chi connectivity index (χ3v) is 6.08. The molecule has 27 heavy (non-hydrogen) atoms. The van der Waals surface area contributed by atoms with Crippen LogP contribution in [0.4, 0.5) is 4.79 Å². The Kier molecular flexibility index (Phi) is 4.53. The van der Waals surface area contributed by atoms with E-state index >= 15 is 0 Å². The zero-order valence-corrected chi connectivity index (χ0v) is 15.4. The second kappa shape index (κ2) is 6.87. The summed E-state index contributed by atoms with van der Waals surface area (Å²) in [7, 11) is 1.37. The van der Waals surface area contributed by atoms with Crippen molar-refractivity contribution in [3.05, 3.63) is 35.9 Å². The van der Waals surface area contributed by atoms with E-state index in [1.165, 1.54) is 7.11 Å². The van der Waals surface area contributed by atoms with Crippen molar-refractivity contribution < 1.29 is 23.9 Å². The van der Waals surface area contributed by atoms with Crippen LogP contribution in [0.25, 0.3) is 0 Å². The molecule has 0 radical (unpaired) electrons. The van der Waals surface area contributed by atoms with Crippen LogP contribution < -0.4 is 0 Å². The molecule has 7 heteroatoms. The Hall–Kier alpha value is -2.57. The van der Waals surface area contributed by atoms with E-state index in [0.717, 1.165) is 18.4 Å². The molecule has 3 fully saturated rings. The minimum Gasteiger partial charge on any atom is -0.469 e. The maximum absolute atomic E-state index is 12.7. The number of fused-ring (bicyclic) bond motifs is 2. The summed E-state index contributed by atoms with van der Waals surface area (Å²) in [5, 5.41) is 0. The van der Waals surface area contributed by atoms with Crippen molar-refractivity contribution >= 4 is 18.0 Å². The number of rotatable bonds is 3. The van der Waals surface area contributed by atoms with Crippen LogP contribution in [0, 0.1) is 5.92 Å². The molecule has 1 saturated carbocycles. The number of ether oxygens (including phenoxy) is 2. The van der Waals surface area contributed by atoms with Crippen molar-refractivity contribution in [2.45, 2.75) is 43.9 Å².